The maximum absolute atomic E-state index is 11.9. The average molecular weight is 351 g/mol. The van der Waals surface area contributed by atoms with Gasteiger partial charge in [-0.25, -0.2) is 9.97 Å². The lowest BCUT2D eigenvalue weighted by Crippen LogP contribution is -2.10. The first-order valence-corrected chi connectivity index (χ1v) is 8.33. The van der Waals surface area contributed by atoms with E-state index in [9.17, 15) is 9.59 Å². The second-order valence-electron chi connectivity index (χ2n) is 6.40. The van der Waals surface area contributed by atoms with Crippen molar-refractivity contribution in [3.05, 3.63) is 36.3 Å². The molecule has 0 bridgehead atoms. The van der Waals surface area contributed by atoms with Crippen molar-refractivity contribution in [2.45, 2.75) is 32.4 Å². The molecule has 1 saturated carbocycles. The van der Waals surface area contributed by atoms with Gasteiger partial charge in [0.25, 0.3) is 0 Å². The Hall–Kier alpha value is -3.29. The van der Waals surface area contributed by atoms with Crippen molar-refractivity contribution < 1.29 is 14.7 Å². The van der Waals surface area contributed by atoms with Crippen LogP contribution in [0.5, 0.6) is 0 Å². The van der Waals surface area contributed by atoms with Gasteiger partial charge in [0.1, 0.15) is 12.2 Å². The summed E-state index contributed by atoms with van der Waals surface area (Å²) in [5.74, 6) is -0.617. The number of carboxylic acid groups (broad SMARTS) is 1. The van der Waals surface area contributed by atoms with Gasteiger partial charge in [-0.05, 0) is 30.5 Å². The molecule has 2 heterocycles. The van der Waals surface area contributed by atoms with Gasteiger partial charge in [0.2, 0.25) is 5.95 Å². The topological polar surface area (TPSA) is 110 Å². The van der Waals surface area contributed by atoms with E-state index in [0.717, 1.165) is 24.0 Å². The van der Waals surface area contributed by atoms with E-state index in [0.29, 0.717) is 22.9 Å². The van der Waals surface area contributed by atoms with Crippen LogP contribution in [0, 0.1) is 0 Å². The number of ketones is 1. The molecule has 0 amide bonds. The van der Waals surface area contributed by atoms with Crippen LogP contribution in [-0.2, 0) is 11.3 Å². The molecule has 26 heavy (non-hydrogen) atoms. The maximum atomic E-state index is 11.9. The quantitative estimate of drug-likeness (QED) is 0.656. The van der Waals surface area contributed by atoms with Gasteiger partial charge in [0, 0.05) is 36.3 Å². The molecule has 8 heteroatoms. The number of carbonyl (C=O) groups is 2. The Balaban J connectivity index is 1.72. The van der Waals surface area contributed by atoms with Crippen molar-refractivity contribution in [3.8, 4) is 11.1 Å². The van der Waals surface area contributed by atoms with Gasteiger partial charge in [-0.1, -0.05) is 6.07 Å². The van der Waals surface area contributed by atoms with E-state index in [4.69, 9.17) is 5.11 Å². The molecule has 2 N–H and O–H groups in total. The number of rotatable bonds is 6. The number of carboxylic acids is 1. The molecule has 0 saturated heterocycles. The van der Waals surface area contributed by atoms with Crippen LogP contribution in [0.3, 0.4) is 0 Å². The van der Waals surface area contributed by atoms with Crippen LogP contribution in [0.15, 0.2) is 30.6 Å². The summed E-state index contributed by atoms with van der Waals surface area (Å²) in [6.45, 7) is 1.12. The molecular formula is C18H17N5O3. The van der Waals surface area contributed by atoms with Crippen LogP contribution < -0.4 is 5.32 Å². The Morgan fingerprint density at radius 1 is 1.23 bits per heavy atom. The summed E-state index contributed by atoms with van der Waals surface area (Å²) in [4.78, 5) is 31.6. The molecule has 1 aromatic carbocycles. The Morgan fingerprint density at radius 2 is 1.96 bits per heavy atom. The molecule has 8 nitrogen and oxygen atoms in total. The lowest BCUT2D eigenvalue weighted by atomic mass is 10.0. The van der Waals surface area contributed by atoms with Crippen molar-refractivity contribution in [1.29, 1.82) is 0 Å². The highest BCUT2D eigenvalue weighted by Gasteiger charge is 2.22. The number of nitrogens with one attached hydrogen (secondary N) is 1. The Kier molecular flexibility index (Phi) is 3.87. The molecule has 0 radical (unpaired) electrons. The zero-order valence-electron chi connectivity index (χ0n) is 14.1. The largest absolute Gasteiger partial charge is 0.480 e. The lowest BCUT2D eigenvalue weighted by Gasteiger charge is -2.05. The molecule has 3 aromatic rings. The standard InChI is InChI=1S/C18H17N5O3/c1-10(24)17-14-6-11(2-5-15(14)23(22-17)9-16(25)26)12-7-19-18(20-8-12)21-13-3-4-13/h2,5-8,13H,3-4,9H2,1H3,(H,25,26)(H,19,20,21). The molecule has 0 spiro atoms. The van der Waals surface area contributed by atoms with Gasteiger partial charge < -0.3 is 10.4 Å². The maximum Gasteiger partial charge on any atom is 0.325 e. The number of hydrogen-bond acceptors (Lipinski definition) is 6. The summed E-state index contributed by atoms with van der Waals surface area (Å²) >= 11 is 0. The molecule has 132 valence electrons. The number of benzene rings is 1. The molecule has 1 fully saturated rings. The lowest BCUT2D eigenvalue weighted by molar-refractivity contribution is -0.137. The van der Waals surface area contributed by atoms with E-state index < -0.39 is 5.97 Å². The number of fused-ring (bicyclic) bond motifs is 1. The highest BCUT2D eigenvalue weighted by atomic mass is 16.4. The number of Topliss-reactive ketones (excluding diaryl/α,β-unsaturated/α-hetero) is 1. The fraction of sp³-hybridized carbons (Fsp3) is 0.278. The molecule has 1 aliphatic rings. The number of anilines is 1. The Morgan fingerprint density at radius 3 is 2.58 bits per heavy atom. The van der Waals surface area contributed by atoms with Gasteiger partial charge in [-0.3, -0.25) is 14.3 Å². The summed E-state index contributed by atoms with van der Waals surface area (Å²) in [6, 6.07) is 5.92. The minimum Gasteiger partial charge on any atom is -0.480 e. The van der Waals surface area contributed by atoms with E-state index in [1.807, 2.05) is 12.1 Å². The predicted molar refractivity (Wildman–Crippen MR) is 95.0 cm³/mol. The summed E-state index contributed by atoms with van der Waals surface area (Å²) in [5, 5.41) is 17.0. The first kappa shape index (κ1) is 16.2. The number of hydrogen-bond donors (Lipinski definition) is 2. The Labute approximate surface area is 148 Å². The number of nitrogens with zero attached hydrogens (tertiary/aromatic N) is 4. The van der Waals surface area contributed by atoms with Crippen molar-refractivity contribution in [2.24, 2.45) is 0 Å². The third-order valence-corrected chi connectivity index (χ3v) is 4.26. The van der Waals surface area contributed by atoms with Crippen LogP contribution in [0.25, 0.3) is 22.0 Å². The first-order valence-electron chi connectivity index (χ1n) is 8.33. The van der Waals surface area contributed by atoms with Crippen LogP contribution in [0.1, 0.15) is 30.3 Å². The summed E-state index contributed by atoms with van der Waals surface area (Å²) in [6.07, 6.45) is 5.76. The SMILES string of the molecule is CC(=O)c1nn(CC(=O)O)c2ccc(-c3cnc(NC4CC4)nc3)cc12. The second-order valence-corrected chi connectivity index (χ2v) is 6.40. The van der Waals surface area contributed by atoms with Gasteiger partial charge in [-0.15, -0.1) is 0 Å². The smallest absolute Gasteiger partial charge is 0.325 e. The van der Waals surface area contributed by atoms with Crippen LogP contribution in [-0.4, -0.2) is 42.6 Å². The molecular weight excluding hydrogens is 334 g/mol. The minimum atomic E-state index is -1.01. The van der Waals surface area contributed by atoms with E-state index in [2.05, 4.69) is 20.4 Å². The number of aromatic nitrogens is 4. The summed E-state index contributed by atoms with van der Waals surface area (Å²) in [7, 11) is 0. The molecule has 0 aliphatic heterocycles. The zero-order chi connectivity index (χ0) is 18.3. The highest BCUT2D eigenvalue weighted by molar-refractivity contribution is 6.06. The number of aliphatic carboxylic acids is 1. The zero-order valence-corrected chi connectivity index (χ0v) is 14.1. The molecule has 0 atom stereocenters. The van der Waals surface area contributed by atoms with Crippen molar-refractivity contribution in [3.63, 3.8) is 0 Å². The first-order chi connectivity index (χ1) is 12.5. The van der Waals surface area contributed by atoms with Gasteiger partial charge in [-0.2, -0.15) is 5.10 Å². The van der Waals surface area contributed by atoms with Gasteiger partial charge >= 0.3 is 5.97 Å². The minimum absolute atomic E-state index is 0.212. The molecule has 1 aliphatic carbocycles. The van der Waals surface area contributed by atoms with Crippen molar-refractivity contribution >= 4 is 28.6 Å². The van der Waals surface area contributed by atoms with Gasteiger partial charge in [0.05, 0.1) is 5.52 Å². The van der Waals surface area contributed by atoms with Crippen molar-refractivity contribution in [2.75, 3.05) is 5.32 Å². The fourth-order valence-electron chi connectivity index (χ4n) is 2.83. The van der Waals surface area contributed by atoms with E-state index in [1.54, 1.807) is 18.5 Å². The monoisotopic (exact) mass is 351 g/mol. The third kappa shape index (κ3) is 3.13. The molecule has 2 aromatic heterocycles. The fourth-order valence-corrected chi connectivity index (χ4v) is 2.83. The van der Waals surface area contributed by atoms with Crippen molar-refractivity contribution in [1.82, 2.24) is 19.7 Å². The summed E-state index contributed by atoms with van der Waals surface area (Å²) in [5.41, 5.74) is 2.52. The second kappa shape index (κ2) is 6.21. The normalized spacial score (nSPS) is 13.7. The molecule has 4 rings (SSSR count). The van der Waals surface area contributed by atoms with Crippen LogP contribution in [0.4, 0.5) is 5.95 Å². The molecule has 0 unspecified atom stereocenters. The van der Waals surface area contributed by atoms with E-state index >= 15 is 0 Å². The highest BCUT2D eigenvalue weighted by Crippen LogP contribution is 2.27. The summed E-state index contributed by atoms with van der Waals surface area (Å²) < 4.78 is 1.33. The third-order valence-electron chi connectivity index (χ3n) is 4.26. The van der Waals surface area contributed by atoms with Gasteiger partial charge in [0.15, 0.2) is 5.78 Å². The van der Waals surface area contributed by atoms with Crippen LogP contribution in [0.2, 0.25) is 0 Å². The van der Waals surface area contributed by atoms with E-state index in [1.165, 1.54) is 11.6 Å². The predicted octanol–water partition coefficient (Wildman–Crippen LogP) is 2.35. The number of carbonyl (C=O) groups excluding carboxylic acids is 1. The van der Waals surface area contributed by atoms with Crippen LogP contribution >= 0.6 is 0 Å². The Bertz CT molecular complexity index is 1010. The van der Waals surface area contributed by atoms with E-state index in [-0.39, 0.29) is 18.0 Å². The average Bonchev–Trinajstić information content (AvgIpc) is 3.35.